The first-order valence-electron chi connectivity index (χ1n) is 6.03. The molecule has 3 aromatic rings. The molecule has 6 nitrogen and oxygen atoms in total. The quantitative estimate of drug-likeness (QED) is 0.539. The Bertz CT molecular complexity index is 793. The molecule has 3 rings (SSSR count). The van der Waals surface area contributed by atoms with Crippen molar-refractivity contribution in [3.63, 3.8) is 0 Å². The molecular weight excluding hydrogens is 290 g/mol. The maximum Gasteiger partial charge on any atom is 0.282 e. The summed E-state index contributed by atoms with van der Waals surface area (Å²) in [7, 11) is 0. The predicted molar refractivity (Wildman–Crippen MR) is 79.6 cm³/mol. The zero-order chi connectivity index (χ0) is 14.7. The SMILES string of the molecule is O=[N+]([O-])c1ccccc1-c1nnc(/C=C/c2cccs2)o1. The molecule has 0 fully saturated rings. The van der Waals surface area contributed by atoms with Crippen molar-refractivity contribution in [3.8, 4) is 11.5 Å². The Labute approximate surface area is 123 Å². The van der Waals surface area contributed by atoms with Crippen molar-refractivity contribution in [1.29, 1.82) is 0 Å². The summed E-state index contributed by atoms with van der Waals surface area (Å²) < 4.78 is 5.45. The number of thiophene rings is 1. The molecule has 21 heavy (non-hydrogen) atoms. The lowest BCUT2D eigenvalue weighted by molar-refractivity contribution is -0.384. The molecule has 0 spiro atoms. The number of hydrogen-bond acceptors (Lipinski definition) is 6. The maximum atomic E-state index is 11.0. The summed E-state index contributed by atoms with van der Waals surface area (Å²) in [6, 6.07) is 10.2. The van der Waals surface area contributed by atoms with Gasteiger partial charge in [0.05, 0.1) is 4.92 Å². The van der Waals surface area contributed by atoms with Gasteiger partial charge in [0.25, 0.3) is 11.6 Å². The number of hydrogen-bond donors (Lipinski definition) is 0. The van der Waals surface area contributed by atoms with Crippen LogP contribution < -0.4 is 0 Å². The molecule has 2 heterocycles. The summed E-state index contributed by atoms with van der Waals surface area (Å²) in [5, 5.41) is 20.7. The van der Waals surface area contributed by atoms with Crippen LogP contribution in [0.3, 0.4) is 0 Å². The van der Waals surface area contributed by atoms with E-state index < -0.39 is 4.92 Å². The monoisotopic (exact) mass is 299 g/mol. The van der Waals surface area contributed by atoms with Crippen molar-refractivity contribution in [1.82, 2.24) is 10.2 Å². The highest BCUT2D eigenvalue weighted by molar-refractivity contribution is 7.10. The van der Waals surface area contributed by atoms with Crippen LogP contribution in [0, 0.1) is 10.1 Å². The van der Waals surface area contributed by atoms with E-state index in [2.05, 4.69) is 10.2 Å². The Morgan fingerprint density at radius 2 is 2.00 bits per heavy atom. The number of aromatic nitrogens is 2. The molecule has 0 N–H and O–H groups in total. The highest BCUT2D eigenvalue weighted by Crippen LogP contribution is 2.28. The molecule has 0 aliphatic carbocycles. The average molecular weight is 299 g/mol. The molecule has 0 saturated carbocycles. The van der Waals surface area contributed by atoms with Crippen molar-refractivity contribution in [2.24, 2.45) is 0 Å². The van der Waals surface area contributed by atoms with E-state index in [-0.39, 0.29) is 11.6 Å². The smallest absolute Gasteiger partial charge is 0.282 e. The minimum absolute atomic E-state index is 0.0602. The van der Waals surface area contributed by atoms with Gasteiger partial charge in [-0.05, 0) is 23.6 Å². The van der Waals surface area contributed by atoms with E-state index in [0.717, 1.165) is 4.88 Å². The van der Waals surface area contributed by atoms with Gasteiger partial charge in [-0.1, -0.05) is 18.2 Å². The van der Waals surface area contributed by atoms with Crippen molar-refractivity contribution >= 4 is 29.2 Å². The lowest BCUT2D eigenvalue weighted by Crippen LogP contribution is -1.91. The van der Waals surface area contributed by atoms with Crippen LogP contribution in [-0.2, 0) is 0 Å². The van der Waals surface area contributed by atoms with Gasteiger partial charge >= 0.3 is 0 Å². The lowest BCUT2D eigenvalue weighted by Gasteiger charge is -1.96. The van der Waals surface area contributed by atoms with Gasteiger partial charge in [0.1, 0.15) is 5.56 Å². The third kappa shape index (κ3) is 2.87. The topological polar surface area (TPSA) is 82.1 Å². The number of para-hydroxylation sites is 1. The van der Waals surface area contributed by atoms with Crippen molar-refractivity contribution in [2.75, 3.05) is 0 Å². The largest absolute Gasteiger partial charge is 0.417 e. The standard InChI is InChI=1S/C14H9N3O3S/c18-17(19)12-6-2-1-5-11(12)14-16-15-13(20-14)8-7-10-4-3-9-21-10/h1-9H/b8-7+. The van der Waals surface area contributed by atoms with Crippen LogP contribution in [0.25, 0.3) is 23.6 Å². The lowest BCUT2D eigenvalue weighted by atomic mass is 10.2. The van der Waals surface area contributed by atoms with Gasteiger partial charge in [-0.25, -0.2) is 0 Å². The van der Waals surface area contributed by atoms with Crippen LogP contribution in [0.15, 0.2) is 46.2 Å². The van der Waals surface area contributed by atoms with E-state index in [4.69, 9.17) is 4.42 Å². The zero-order valence-electron chi connectivity index (χ0n) is 10.7. The fraction of sp³-hybridized carbons (Fsp3) is 0. The molecule has 0 amide bonds. The molecule has 0 atom stereocenters. The summed E-state index contributed by atoms with van der Waals surface area (Å²) >= 11 is 1.59. The highest BCUT2D eigenvalue weighted by Gasteiger charge is 2.18. The van der Waals surface area contributed by atoms with E-state index in [1.54, 1.807) is 35.6 Å². The number of rotatable bonds is 4. The molecule has 0 unspecified atom stereocenters. The Balaban J connectivity index is 1.90. The molecule has 0 radical (unpaired) electrons. The van der Waals surface area contributed by atoms with Crippen LogP contribution in [0.1, 0.15) is 10.8 Å². The maximum absolute atomic E-state index is 11.0. The fourth-order valence-electron chi connectivity index (χ4n) is 1.76. The summed E-state index contributed by atoms with van der Waals surface area (Å²) in [4.78, 5) is 11.6. The molecule has 0 aliphatic heterocycles. The van der Waals surface area contributed by atoms with Crippen LogP contribution in [0.2, 0.25) is 0 Å². The molecule has 0 saturated heterocycles. The molecule has 7 heteroatoms. The second kappa shape index (κ2) is 5.68. The predicted octanol–water partition coefficient (Wildman–Crippen LogP) is 3.88. The highest BCUT2D eigenvalue weighted by atomic mass is 32.1. The van der Waals surface area contributed by atoms with Crippen molar-refractivity contribution in [2.45, 2.75) is 0 Å². The average Bonchev–Trinajstić information content (AvgIpc) is 3.16. The van der Waals surface area contributed by atoms with Crippen LogP contribution >= 0.6 is 11.3 Å². The first kappa shape index (κ1) is 13.2. The summed E-state index contributed by atoms with van der Waals surface area (Å²) in [6.45, 7) is 0. The fourth-order valence-corrected chi connectivity index (χ4v) is 2.38. The third-order valence-electron chi connectivity index (χ3n) is 2.71. The van der Waals surface area contributed by atoms with E-state index in [1.165, 1.54) is 6.07 Å². The van der Waals surface area contributed by atoms with Crippen LogP contribution in [-0.4, -0.2) is 15.1 Å². The van der Waals surface area contributed by atoms with Gasteiger partial charge in [-0.15, -0.1) is 21.5 Å². The van der Waals surface area contributed by atoms with E-state index in [1.807, 2.05) is 23.6 Å². The molecule has 0 aliphatic rings. The van der Waals surface area contributed by atoms with Gasteiger partial charge < -0.3 is 4.42 Å². The Hall–Kier alpha value is -2.80. The van der Waals surface area contributed by atoms with Gasteiger partial charge in [-0.3, -0.25) is 10.1 Å². The van der Waals surface area contributed by atoms with Gasteiger partial charge in [-0.2, -0.15) is 0 Å². The molecule has 2 aromatic heterocycles. The summed E-state index contributed by atoms with van der Waals surface area (Å²) in [6.07, 6.45) is 3.53. The third-order valence-corrected chi connectivity index (χ3v) is 3.54. The molecule has 104 valence electrons. The Morgan fingerprint density at radius 3 is 2.76 bits per heavy atom. The normalized spacial score (nSPS) is 11.0. The van der Waals surface area contributed by atoms with Crippen LogP contribution in [0.4, 0.5) is 5.69 Å². The van der Waals surface area contributed by atoms with Gasteiger partial charge in [0.2, 0.25) is 5.89 Å². The molecule has 0 bridgehead atoms. The zero-order valence-corrected chi connectivity index (χ0v) is 11.5. The number of nitro groups is 1. The minimum Gasteiger partial charge on any atom is -0.417 e. The van der Waals surface area contributed by atoms with Crippen LogP contribution in [0.5, 0.6) is 0 Å². The second-order valence-electron chi connectivity index (χ2n) is 4.07. The number of nitrogens with zero attached hydrogens (tertiary/aromatic N) is 3. The van der Waals surface area contributed by atoms with E-state index >= 15 is 0 Å². The van der Waals surface area contributed by atoms with E-state index in [9.17, 15) is 10.1 Å². The Morgan fingerprint density at radius 1 is 1.14 bits per heavy atom. The summed E-state index contributed by atoms with van der Waals surface area (Å²) in [5.74, 6) is 0.435. The second-order valence-corrected chi connectivity index (χ2v) is 5.05. The minimum atomic E-state index is -0.472. The number of nitro benzene ring substituents is 1. The van der Waals surface area contributed by atoms with Gasteiger partial charge in [0, 0.05) is 17.0 Å². The first-order chi connectivity index (χ1) is 10.2. The van der Waals surface area contributed by atoms with Crippen molar-refractivity contribution < 1.29 is 9.34 Å². The first-order valence-corrected chi connectivity index (χ1v) is 6.91. The molecule has 1 aromatic carbocycles. The van der Waals surface area contributed by atoms with Crippen molar-refractivity contribution in [3.05, 3.63) is 62.7 Å². The van der Waals surface area contributed by atoms with E-state index in [0.29, 0.717) is 11.5 Å². The molecular formula is C14H9N3O3S. The Kier molecular flexibility index (Phi) is 3.57. The summed E-state index contributed by atoms with van der Waals surface area (Å²) in [5.41, 5.74) is 0.251. The number of benzene rings is 1. The van der Waals surface area contributed by atoms with Gasteiger partial charge in [0.15, 0.2) is 0 Å².